The fourth-order valence-corrected chi connectivity index (χ4v) is 4.76. The molecule has 0 amide bonds. The van der Waals surface area contributed by atoms with Crippen molar-refractivity contribution in [2.24, 2.45) is 11.3 Å². The number of anilines is 1. The Morgan fingerprint density at radius 1 is 1.03 bits per heavy atom. The van der Waals surface area contributed by atoms with Gasteiger partial charge in [-0.2, -0.15) is 0 Å². The summed E-state index contributed by atoms with van der Waals surface area (Å²) in [6.07, 6.45) is 7.08. The zero-order valence-corrected chi connectivity index (χ0v) is 21.7. The lowest BCUT2D eigenvalue weighted by molar-refractivity contribution is 0.142. The first-order chi connectivity index (χ1) is 17.2. The second kappa shape index (κ2) is 10.1. The SMILES string of the molecule is CN1CCN(CC2C=Cn3c(nc(-c4ccc(F)cc4)c3-c3ccnc(NCC(C)(C)C)n3)C2)CC1. The van der Waals surface area contributed by atoms with E-state index in [4.69, 9.17) is 9.97 Å². The molecule has 1 N–H and O–H groups in total. The van der Waals surface area contributed by atoms with E-state index in [0.717, 1.165) is 74.2 Å². The number of likely N-dealkylation sites (N-methyl/N-ethyl adjacent to an activating group) is 1. The summed E-state index contributed by atoms with van der Waals surface area (Å²) in [6, 6.07) is 8.47. The van der Waals surface area contributed by atoms with Gasteiger partial charge in [-0.1, -0.05) is 26.8 Å². The summed E-state index contributed by atoms with van der Waals surface area (Å²) >= 11 is 0. The first-order valence-corrected chi connectivity index (χ1v) is 12.8. The Kier molecular flexibility index (Phi) is 6.90. The highest BCUT2D eigenvalue weighted by Gasteiger charge is 2.26. The van der Waals surface area contributed by atoms with Crippen molar-refractivity contribution in [1.82, 2.24) is 29.3 Å². The van der Waals surface area contributed by atoms with Crippen molar-refractivity contribution in [2.75, 3.05) is 51.6 Å². The highest BCUT2D eigenvalue weighted by Crippen LogP contribution is 2.35. The summed E-state index contributed by atoms with van der Waals surface area (Å²) in [4.78, 5) is 19.3. The topological polar surface area (TPSA) is 62.1 Å². The molecule has 1 aromatic carbocycles. The van der Waals surface area contributed by atoms with Gasteiger partial charge in [-0.3, -0.25) is 0 Å². The molecule has 2 aromatic heterocycles. The van der Waals surface area contributed by atoms with Gasteiger partial charge < -0.3 is 19.7 Å². The van der Waals surface area contributed by atoms with Gasteiger partial charge in [0.1, 0.15) is 11.6 Å². The van der Waals surface area contributed by atoms with Gasteiger partial charge in [-0.15, -0.1) is 0 Å². The molecular formula is C28H36FN7. The molecule has 8 heteroatoms. The van der Waals surface area contributed by atoms with Crippen LogP contribution >= 0.6 is 0 Å². The minimum Gasteiger partial charge on any atom is -0.354 e. The predicted molar refractivity (Wildman–Crippen MR) is 143 cm³/mol. The lowest BCUT2D eigenvalue weighted by Crippen LogP contribution is -2.46. The van der Waals surface area contributed by atoms with Crippen molar-refractivity contribution < 1.29 is 4.39 Å². The number of piperazine rings is 1. The molecule has 1 unspecified atom stereocenters. The van der Waals surface area contributed by atoms with Crippen LogP contribution in [0.15, 0.2) is 42.6 Å². The van der Waals surface area contributed by atoms with E-state index in [-0.39, 0.29) is 11.2 Å². The van der Waals surface area contributed by atoms with Crippen LogP contribution in [-0.4, -0.2) is 75.6 Å². The minimum absolute atomic E-state index is 0.107. The zero-order chi connectivity index (χ0) is 25.3. The number of nitrogens with zero attached hydrogens (tertiary/aromatic N) is 6. The second-order valence-corrected chi connectivity index (χ2v) is 11.2. The van der Waals surface area contributed by atoms with Crippen LogP contribution < -0.4 is 5.32 Å². The van der Waals surface area contributed by atoms with Crippen molar-refractivity contribution >= 4 is 12.1 Å². The standard InChI is InChI=1S/C28H36FN7/c1-28(2,3)19-31-27-30-11-9-23(32-27)26-25(21-5-7-22(29)8-6-21)33-24-17-20(10-12-36(24)26)18-35-15-13-34(4)14-16-35/h5-12,20H,13-19H2,1-4H3,(H,30,31,32). The number of imidazole rings is 1. The van der Waals surface area contributed by atoms with Gasteiger partial charge >= 0.3 is 0 Å². The van der Waals surface area contributed by atoms with E-state index in [0.29, 0.717) is 11.9 Å². The summed E-state index contributed by atoms with van der Waals surface area (Å²) < 4.78 is 15.9. The number of fused-ring (bicyclic) bond motifs is 1. The van der Waals surface area contributed by atoms with Crippen molar-refractivity contribution in [2.45, 2.75) is 27.2 Å². The summed E-state index contributed by atoms with van der Waals surface area (Å²) in [5, 5.41) is 3.36. The molecule has 0 saturated carbocycles. The van der Waals surface area contributed by atoms with Gasteiger partial charge in [0.05, 0.1) is 17.1 Å². The molecule has 0 spiro atoms. The van der Waals surface area contributed by atoms with Gasteiger partial charge in [0.15, 0.2) is 0 Å². The number of aromatic nitrogens is 4. The molecule has 1 fully saturated rings. The number of benzene rings is 1. The maximum absolute atomic E-state index is 13.7. The van der Waals surface area contributed by atoms with Gasteiger partial charge in [0.25, 0.3) is 0 Å². The zero-order valence-electron chi connectivity index (χ0n) is 21.7. The van der Waals surface area contributed by atoms with Crippen molar-refractivity contribution in [3.05, 3.63) is 54.2 Å². The quantitative estimate of drug-likeness (QED) is 0.550. The van der Waals surface area contributed by atoms with Gasteiger partial charge in [-0.05, 0) is 48.7 Å². The molecule has 5 rings (SSSR count). The minimum atomic E-state index is -0.257. The van der Waals surface area contributed by atoms with Crippen molar-refractivity contribution in [3.8, 4) is 22.6 Å². The van der Waals surface area contributed by atoms with E-state index in [1.54, 1.807) is 18.3 Å². The van der Waals surface area contributed by atoms with E-state index in [1.165, 1.54) is 12.1 Å². The highest BCUT2D eigenvalue weighted by molar-refractivity contribution is 5.79. The van der Waals surface area contributed by atoms with Crippen LogP contribution in [0.25, 0.3) is 28.8 Å². The van der Waals surface area contributed by atoms with E-state index in [1.807, 2.05) is 6.07 Å². The molecule has 2 aliphatic heterocycles. The van der Waals surface area contributed by atoms with E-state index < -0.39 is 0 Å². The summed E-state index contributed by atoms with van der Waals surface area (Å²) in [5.74, 6) is 1.75. The Morgan fingerprint density at radius 2 is 1.78 bits per heavy atom. The molecule has 2 aliphatic rings. The van der Waals surface area contributed by atoms with Crippen LogP contribution in [0.4, 0.5) is 10.3 Å². The van der Waals surface area contributed by atoms with Crippen LogP contribution in [0.5, 0.6) is 0 Å². The molecule has 1 saturated heterocycles. The third-order valence-corrected chi connectivity index (χ3v) is 6.82. The van der Waals surface area contributed by atoms with Crippen molar-refractivity contribution in [1.29, 1.82) is 0 Å². The second-order valence-electron chi connectivity index (χ2n) is 11.2. The highest BCUT2D eigenvalue weighted by atomic mass is 19.1. The number of rotatable bonds is 6. The smallest absolute Gasteiger partial charge is 0.223 e. The largest absolute Gasteiger partial charge is 0.354 e. The monoisotopic (exact) mass is 489 g/mol. The molecule has 0 bridgehead atoms. The Hall–Kier alpha value is -3.10. The molecule has 7 nitrogen and oxygen atoms in total. The van der Waals surface area contributed by atoms with Gasteiger partial charge in [0, 0.05) is 63.6 Å². The van der Waals surface area contributed by atoms with Gasteiger partial charge in [0.2, 0.25) is 5.95 Å². The van der Waals surface area contributed by atoms with E-state index in [9.17, 15) is 4.39 Å². The Morgan fingerprint density at radius 3 is 2.50 bits per heavy atom. The number of hydrogen-bond donors (Lipinski definition) is 1. The average molecular weight is 490 g/mol. The van der Waals surface area contributed by atoms with Crippen LogP contribution in [-0.2, 0) is 6.42 Å². The fourth-order valence-electron chi connectivity index (χ4n) is 4.76. The summed E-state index contributed by atoms with van der Waals surface area (Å²) in [5.41, 5.74) is 3.50. The van der Waals surface area contributed by atoms with Crippen LogP contribution in [0.1, 0.15) is 26.6 Å². The van der Waals surface area contributed by atoms with Crippen LogP contribution in [0, 0.1) is 17.2 Å². The predicted octanol–water partition coefficient (Wildman–Crippen LogP) is 4.49. The molecule has 3 aromatic rings. The molecule has 36 heavy (non-hydrogen) atoms. The molecule has 0 radical (unpaired) electrons. The average Bonchev–Trinajstić information content (AvgIpc) is 3.23. The normalized spacial score (nSPS) is 18.9. The van der Waals surface area contributed by atoms with E-state index >= 15 is 0 Å². The third kappa shape index (κ3) is 5.65. The van der Waals surface area contributed by atoms with Crippen LogP contribution in [0.3, 0.4) is 0 Å². The third-order valence-electron chi connectivity index (χ3n) is 6.82. The first-order valence-electron chi connectivity index (χ1n) is 12.8. The lowest BCUT2D eigenvalue weighted by atomic mass is 9.97. The number of halogens is 1. The van der Waals surface area contributed by atoms with Crippen LogP contribution in [0.2, 0.25) is 0 Å². The number of hydrogen-bond acceptors (Lipinski definition) is 6. The van der Waals surface area contributed by atoms with E-state index in [2.05, 4.69) is 64.8 Å². The summed E-state index contributed by atoms with van der Waals surface area (Å²) in [7, 11) is 2.18. The Labute approximate surface area is 213 Å². The molecule has 1 atom stereocenters. The molecule has 4 heterocycles. The Bertz CT molecular complexity index is 1220. The summed E-state index contributed by atoms with van der Waals surface area (Å²) in [6.45, 7) is 12.8. The first kappa shape index (κ1) is 24.6. The Balaban J connectivity index is 1.47. The molecule has 0 aliphatic carbocycles. The lowest BCUT2D eigenvalue weighted by Gasteiger charge is -2.34. The molecular weight excluding hydrogens is 453 g/mol. The number of nitrogens with one attached hydrogen (secondary N) is 1. The maximum Gasteiger partial charge on any atom is 0.223 e. The van der Waals surface area contributed by atoms with Crippen molar-refractivity contribution in [3.63, 3.8) is 0 Å². The fraction of sp³-hybridized carbons (Fsp3) is 0.464. The van der Waals surface area contributed by atoms with Gasteiger partial charge in [-0.25, -0.2) is 19.3 Å². The maximum atomic E-state index is 13.7. The molecule has 190 valence electrons.